The number of rotatable bonds is 0. The van der Waals surface area contributed by atoms with Gasteiger partial charge in [-0.25, -0.2) is 0 Å². The summed E-state index contributed by atoms with van der Waals surface area (Å²) in [6.45, 7) is 0. The Labute approximate surface area is 103 Å². The van der Waals surface area contributed by atoms with Crippen molar-refractivity contribution in [3.05, 3.63) is 31.5 Å². The molecule has 1 heterocycles. The van der Waals surface area contributed by atoms with Crippen molar-refractivity contribution in [3.8, 4) is 5.75 Å². The van der Waals surface area contributed by atoms with E-state index >= 15 is 0 Å². The van der Waals surface area contributed by atoms with Crippen LogP contribution in [-0.2, 0) is 0 Å². The largest absolute Gasteiger partial charge is 0.505 e. The highest BCUT2D eigenvalue weighted by Crippen LogP contribution is 2.31. The van der Waals surface area contributed by atoms with E-state index in [1.165, 1.54) is 0 Å². The fraction of sp³-hybridized carbons (Fsp3) is 0. The van der Waals surface area contributed by atoms with Crippen molar-refractivity contribution in [2.45, 2.75) is 0 Å². The molecule has 2 rings (SSSR count). The van der Waals surface area contributed by atoms with Gasteiger partial charge >= 0.3 is 0 Å². The zero-order valence-electron chi connectivity index (χ0n) is 6.46. The lowest BCUT2D eigenvalue weighted by Crippen LogP contribution is -1.85. The Bertz CT molecular complexity index is 470. The molecular weight excluding hydrogens is 388 g/mol. The molecule has 0 aliphatic heterocycles. The lowest BCUT2D eigenvalue weighted by atomic mass is 10.2. The number of phenols is 1. The number of hydrogen-bond acceptors (Lipinski definition) is 2. The first-order valence-corrected chi connectivity index (χ1v) is 5.77. The predicted octanol–water partition coefficient (Wildman–Crippen LogP) is 3.15. The molecule has 0 fully saturated rings. The zero-order chi connectivity index (χ0) is 9.42. The molecule has 0 aliphatic rings. The van der Waals surface area contributed by atoms with Crippen molar-refractivity contribution in [2.75, 3.05) is 0 Å². The summed E-state index contributed by atoms with van der Waals surface area (Å²) in [5, 5.41) is 10.7. The summed E-state index contributed by atoms with van der Waals surface area (Å²) < 4.78 is 1.95. The SMILES string of the molecule is Oc1c(I)cc([123I])c2cccnc12. The number of pyridine rings is 1. The molecule has 66 valence electrons. The highest BCUT2D eigenvalue weighted by Gasteiger charge is 2.07. The Morgan fingerprint density at radius 2 is 2.23 bits per heavy atom. The van der Waals surface area contributed by atoms with Gasteiger partial charge in [0.05, 0.1) is 3.57 Å². The Morgan fingerprint density at radius 3 is 3.00 bits per heavy atom. The highest BCUT2D eigenvalue weighted by molar-refractivity contribution is 14.1. The van der Waals surface area contributed by atoms with Crippen LogP contribution >= 0.6 is 45.2 Å². The summed E-state index contributed by atoms with van der Waals surface area (Å²) in [5.41, 5.74) is 0.679. The number of hydrogen-bond donors (Lipinski definition) is 1. The molecule has 0 atom stereocenters. The minimum absolute atomic E-state index is 0.275. The molecule has 1 aromatic carbocycles. The molecule has 0 saturated heterocycles. The van der Waals surface area contributed by atoms with Crippen LogP contribution in [0.3, 0.4) is 0 Å². The van der Waals surface area contributed by atoms with Gasteiger partial charge in [0.15, 0.2) is 5.75 Å². The van der Waals surface area contributed by atoms with Crippen LogP contribution < -0.4 is 0 Å². The molecule has 2 nitrogen and oxygen atoms in total. The van der Waals surface area contributed by atoms with Gasteiger partial charge in [-0.1, -0.05) is 6.07 Å². The smallest absolute Gasteiger partial charge is 0.155 e. The number of halogens is 2. The van der Waals surface area contributed by atoms with E-state index < -0.39 is 0 Å². The Morgan fingerprint density at radius 1 is 1.46 bits per heavy atom. The van der Waals surface area contributed by atoms with Crippen molar-refractivity contribution in [3.63, 3.8) is 0 Å². The monoisotopic (exact) mass is 393 g/mol. The first-order valence-electron chi connectivity index (χ1n) is 3.62. The lowest BCUT2D eigenvalue weighted by Gasteiger charge is -2.03. The summed E-state index contributed by atoms with van der Waals surface area (Å²) in [7, 11) is 0. The summed E-state index contributed by atoms with van der Waals surface area (Å²) >= 11 is 4.35. The van der Waals surface area contributed by atoms with Crippen LogP contribution in [0.2, 0.25) is 0 Å². The molecule has 0 unspecified atom stereocenters. The third-order valence-electron chi connectivity index (χ3n) is 1.77. The number of fused-ring (bicyclic) bond motifs is 1. The van der Waals surface area contributed by atoms with Crippen molar-refractivity contribution in [2.24, 2.45) is 0 Å². The molecular formula is C9H5I2NO. The third-order valence-corrected chi connectivity index (χ3v) is 3.48. The Balaban J connectivity index is 2.97. The fourth-order valence-electron chi connectivity index (χ4n) is 1.16. The molecule has 0 spiro atoms. The minimum atomic E-state index is 0.275. The third kappa shape index (κ3) is 1.61. The van der Waals surface area contributed by atoms with Gasteiger partial charge in [0.2, 0.25) is 0 Å². The van der Waals surface area contributed by atoms with Crippen molar-refractivity contribution < 1.29 is 5.11 Å². The van der Waals surface area contributed by atoms with Gasteiger partial charge in [-0.05, 0) is 57.3 Å². The maximum absolute atomic E-state index is 9.71. The maximum Gasteiger partial charge on any atom is 0.155 e. The molecule has 2 aromatic rings. The second-order valence-corrected chi connectivity index (χ2v) is 4.91. The molecule has 0 amide bonds. The second-order valence-electron chi connectivity index (χ2n) is 2.59. The summed E-state index contributed by atoms with van der Waals surface area (Å²) in [6, 6.07) is 5.77. The molecule has 0 saturated carbocycles. The molecule has 4 heteroatoms. The van der Waals surface area contributed by atoms with Crippen LogP contribution in [0.4, 0.5) is 0 Å². The predicted molar refractivity (Wildman–Crippen MR) is 68.8 cm³/mol. The number of benzene rings is 1. The van der Waals surface area contributed by atoms with Gasteiger partial charge < -0.3 is 5.11 Å². The second kappa shape index (κ2) is 3.56. The molecule has 1 aromatic heterocycles. The van der Waals surface area contributed by atoms with Gasteiger partial charge in [-0.3, -0.25) is 4.98 Å². The first-order chi connectivity index (χ1) is 6.20. The Kier molecular flexibility index (Phi) is 2.59. The average Bonchev–Trinajstić information content (AvgIpc) is 2.15. The van der Waals surface area contributed by atoms with Gasteiger partial charge in [-0.15, -0.1) is 0 Å². The van der Waals surface area contributed by atoms with E-state index in [0.717, 1.165) is 12.5 Å². The van der Waals surface area contributed by atoms with E-state index in [0.29, 0.717) is 5.52 Å². The van der Waals surface area contributed by atoms with Gasteiger partial charge in [0, 0.05) is 15.2 Å². The first kappa shape index (κ1) is 9.45. The van der Waals surface area contributed by atoms with Crippen LogP contribution in [0, 0.1) is 7.14 Å². The van der Waals surface area contributed by atoms with Crippen LogP contribution in [-0.4, -0.2) is 10.1 Å². The number of aromatic hydroxyl groups is 1. The Hall–Kier alpha value is -0.110. The normalized spacial score (nSPS) is 10.6. The molecule has 0 radical (unpaired) electrons. The van der Waals surface area contributed by atoms with E-state index in [4.69, 9.17) is 0 Å². The van der Waals surface area contributed by atoms with Gasteiger partial charge in [-0.2, -0.15) is 0 Å². The molecule has 1 N–H and O–H groups in total. The molecule has 13 heavy (non-hydrogen) atoms. The van der Waals surface area contributed by atoms with Gasteiger partial charge in [0.1, 0.15) is 5.52 Å². The van der Waals surface area contributed by atoms with Crippen molar-refractivity contribution in [1.82, 2.24) is 4.98 Å². The van der Waals surface area contributed by atoms with Crippen LogP contribution in [0.5, 0.6) is 5.75 Å². The summed E-state index contributed by atoms with van der Waals surface area (Å²) in [6.07, 6.45) is 1.69. The van der Waals surface area contributed by atoms with E-state index in [9.17, 15) is 5.11 Å². The number of aromatic nitrogens is 1. The van der Waals surface area contributed by atoms with Gasteiger partial charge in [0.25, 0.3) is 0 Å². The molecule has 0 bridgehead atoms. The minimum Gasteiger partial charge on any atom is -0.505 e. The van der Waals surface area contributed by atoms with Crippen LogP contribution in [0.1, 0.15) is 0 Å². The van der Waals surface area contributed by atoms with Crippen LogP contribution in [0.15, 0.2) is 24.4 Å². The fourth-order valence-corrected chi connectivity index (χ4v) is 3.07. The standard InChI is InChI=1S/C9H5I2NO/c10-6-4-7(11)9(13)8-5(6)2-1-3-12-8/h1-4,13H/i10-4. The lowest BCUT2D eigenvalue weighted by molar-refractivity contribution is 0.476. The summed E-state index contributed by atoms with van der Waals surface area (Å²) in [5.74, 6) is 0.275. The number of phenolic OH excluding ortho intramolecular Hbond substituents is 1. The van der Waals surface area contributed by atoms with E-state index in [1.54, 1.807) is 6.20 Å². The van der Waals surface area contributed by atoms with E-state index in [-0.39, 0.29) is 5.75 Å². The maximum atomic E-state index is 9.71. The number of nitrogens with zero attached hydrogens (tertiary/aromatic N) is 1. The topological polar surface area (TPSA) is 33.1 Å². The van der Waals surface area contributed by atoms with Crippen LogP contribution in [0.25, 0.3) is 10.9 Å². The van der Waals surface area contributed by atoms with Crippen molar-refractivity contribution >= 4 is 56.1 Å². The van der Waals surface area contributed by atoms with E-state index in [1.807, 2.05) is 18.2 Å². The van der Waals surface area contributed by atoms with Crippen molar-refractivity contribution in [1.29, 1.82) is 0 Å². The quantitative estimate of drug-likeness (QED) is 0.698. The summed E-state index contributed by atoms with van der Waals surface area (Å²) in [4.78, 5) is 4.14. The molecule has 0 aliphatic carbocycles. The highest BCUT2D eigenvalue weighted by atomic mass is 127. The average molecular weight is 393 g/mol. The van der Waals surface area contributed by atoms with E-state index in [2.05, 4.69) is 50.2 Å². The zero-order valence-corrected chi connectivity index (χ0v) is 10.8.